The molecule has 1 fully saturated rings. The fourth-order valence-electron chi connectivity index (χ4n) is 3.56. The van der Waals surface area contributed by atoms with Crippen molar-refractivity contribution in [3.05, 3.63) is 68.8 Å². The summed E-state index contributed by atoms with van der Waals surface area (Å²) >= 11 is 1.72. The number of rotatable bonds is 5. The molecule has 6 heteroatoms. The summed E-state index contributed by atoms with van der Waals surface area (Å²) in [5, 5.41) is 6.45. The van der Waals surface area contributed by atoms with Crippen LogP contribution in [-0.2, 0) is 0 Å². The van der Waals surface area contributed by atoms with E-state index in [4.69, 9.17) is 0 Å². The van der Waals surface area contributed by atoms with E-state index in [0.29, 0.717) is 17.6 Å². The summed E-state index contributed by atoms with van der Waals surface area (Å²) in [7, 11) is 0. The maximum atomic E-state index is 12.6. The summed E-state index contributed by atoms with van der Waals surface area (Å²) in [6, 6.07) is 13.4. The number of carbonyl (C=O) groups excluding carboxylic acids is 1. The highest BCUT2D eigenvalue weighted by Gasteiger charge is 2.25. The molecule has 0 aliphatic carbocycles. The first kappa shape index (κ1) is 17.0. The predicted octanol–water partition coefficient (Wildman–Crippen LogP) is 3.16. The van der Waals surface area contributed by atoms with Crippen LogP contribution in [0.2, 0.25) is 0 Å². The molecule has 134 valence electrons. The lowest BCUT2D eigenvalue weighted by atomic mass is 10.1. The van der Waals surface area contributed by atoms with Crippen LogP contribution in [0.1, 0.15) is 34.2 Å². The normalized spacial score (nSPS) is 16.0. The number of amides is 1. The van der Waals surface area contributed by atoms with E-state index in [-0.39, 0.29) is 17.5 Å². The molecule has 1 atom stereocenters. The van der Waals surface area contributed by atoms with Gasteiger partial charge >= 0.3 is 0 Å². The number of pyridine rings is 1. The number of hydrogen-bond acceptors (Lipinski definition) is 4. The lowest BCUT2D eigenvalue weighted by Crippen LogP contribution is -2.37. The maximum absolute atomic E-state index is 12.6. The fraction of sp³-hybridized carbons (Fsp3) is 0.300. The minimum Gasteiger partial charge on any atom is -0.349 e. The van der Waals surface area contributed by atoms with Crippen LogP contribution in [0.4, 0.5) is 0 Å². The van der Waals surface area contributed by atoms with E-state index in [1.807, 2.05) is 24.3 Å². The Labute approximate surface area is 155 Å². The van der Waals surface area contributed by atoms with Crippen molar-refractivity contribution in [2.45, 2.75) is 18.9 Å². The molecule has 0 bridgehead atoms. The summed E-state index contributed by atoms with van der Waals surface area (Å²) in [4.78, 5) is 31.2. The Morgan fingerprint density at radius 3 is 2.77 bits per heavy atom. The van der Waals surface area contributed by atoms with Gasteiger partial charge < -0.3 is 10.3 Å². The Morgan fingerprint density at radius 2 is 2.00 bits per heavy atom. The quantitative estimate of drug-likeness (QED) is 0.728. The largest absolute Gasteiger partial charge is 0.349 e. The number of H-pyrrole nitrogens is 1. The summed E-state index contributed by atoms with van der Waals surface area (Å²) in [5.41, 5.74) is 0.0719. The van der Waals surface area contributed by atoms with Gasteiger partial charge in [0.25, 0.3) is 11.5 Å². The second-order valence-corrected chi connectivity index (χ2v) is 7.56. The van der Waals surface area contributed by atoms with Gasteiger partial charge in [-0.3, -0.25) is 14.5 Å². The van der Waals surface area contributed by atoms with E-state index in [1.165, 1.54) is 17.7 Å². The molecule has 2 N–H and O–H groups in total. The zero-order chi connectivity index (χ0) is 17.9. The second-order valence-electron chi connectivity index (χ2n) is 6.58. The minimum atomic E-state index is -0.242. The Morgan fingerprint density at radius 1 is 1.19 bits per heavy atom. The van der Waals surface area contributed by atoms with Crippen LogP contribution in [0.3, 0.4) is 0 Å². The highest BCUT2D eigenvalue weighted by Crippen LogP contribution is 2.27. The van der Waals surface area contributed by atoms with Gasteiger partial charge in [-0.2, -0.15) is 0 Å². The Kier molecular flexibility index (Phi) is 4.86. The summed E-state index contributed by atoms with van der Waals surface area (Å²) in [6.07, 6.45) is 2.40. The Bertz CT molecular complexity index is 959. The number of thiophene rings is 1. The monoisotopic (exact) mass is 367 g/mol. The van der Waals surface area contributed by atoms with Crippen LogP contribution < -0.4 is 10.9 Å². The van der Waals surface area contributed by atoms with Crippen molar-refractivity contribution in [2.75, 3.05) is 19.6 Å². The van der Waals surface area contributed by atoms with Gasteiger partial charge in [-0.05, 0) is 54.9 Å². The molecule has 1 aliphatic rings. The molecule has 1 saturated heterocycles. The van der Waals surface area contributed by atoms with Crippen LogP contribution in [0, 0.1) is 0 Å². The summed E-state index contributed by atoms with van der Waals surface area (Å²) in [6.45, 7) is 2.66. The van der Waals surface area contributed by atoms with Crippen molar-refractivity contribution < 1.29 is 4.79 Å². The van der Waals surface area contributed by atoms with Crippen molar-refractivity contribution in [3.8, 4) is 0 Å². The van der Waals surface area contributed by atoms with Gasteiger partial charge in [0.1, 0.15) is 5.69 Å². The third kappa shape index (κ3) is 3.43. The van der Waals surface area contributed by atoms with E-state index in [1.54, 1.807) is 23.5 Å². The molecule has 2 aromatic heterocycles. The molecule has 1 aromatic carbocycles. The number of nitrogens with zero attached hydrogens (tertiary/aromatic N) is 1. The number of nitrogens with one attached hydrogen (secondary N) is 2. The van der Waals surface area contributed by atoms with Crippen molar-refractivity contribution in [1.29, 1.82) is 0 Å². The molecule has 1 unspecified atom stereocenters. The van der Waals surface area contributed by atoms with E-state index in [9.17, 15) is 9.59 Å². The SMILES string of the molecule is O=C(NCC(c1cccs1)N1CCCC1)c1cc2ccccc2c(=O)[nH]1. The molecule has 4 rings (SSSR count). The second kappa shape index (κ2) is 7.43. The molecule has 0 spiro atoms. The van der Waals surface area contributed by atoms with Crippen LogP contribution in [0.5, 0.6) is 0 Å². The molecule has 3 heterocycles. The number of hydrogen-bond donors (Lipinski definition) is 2. The highest BCUT2D eigenvalue weighted by atomic mass is 32.1. The van der Waals surface area contributed by atoms with Crippen molar-refractivity contribution in [3.63, 3.8) is 0 Å². The molecule has 0 saturated carbocycles. The van der Waals surface area contributed by atoms with Crippen LogP contribution in [0.15, 0.2) is 52.6 Å². The van der Waals surface area contributed by atoms with Crippen LogP contribution >= 0.6 is 11.3 Å². The molecule has 26 heavy (non-hydrogen) atoms. The Balaban J connectivity index is 1.53. The molecule has 3 aromatic rings. The number of likely N-dealkylation sites (tertiary alicyclic amines) is 1. The van der Waals surface area contributed by atoms with Gasteiger partial charge in [-0.15, -0.1) is 11.3 Å². The van der Waals surface area contributed by atoms with E-state index < -0.39 is 0 Å². The van der Waals surface area contributed by atoms with Crippen molar-refractivity contribution in [2.24, 2.45) is 0 Å². The topological polar surface area (TPSA) is 65.2 Å². The fourth-order valence-corrected chi connectivity index (χ4v) is 4.42. The standard InChI is InChI=1S/C20H21N3O2S/c24-19-15-7-2-1-6-14(15)12-16(22-19)20(25)21-13-17(18-8-5-11-26-18)23-9-3-4-10-23/h1-2,5-8,11-12,17H,3-4,9-10,13H2,(H,21,25)(H,22,24). The maximum Gasteiger partial charge on any atom is 0.267 e. The third-order valence-electron chi connectivity index (χ3n) is 4.91. The lowest BCUT2D eigenvalue weighted by molar-refractivity contribution is 0.0933. The third-order valence-corrected chi connectivity index (χ3v) is 5.88. The zero-order valence-electron chi connectivity index (χ0n) is 14.4. The number of aromatic nitrogens is 1. The molecular weight excluding hydrogens is 346 g/mol. The van der Waals surface area contributed by atoms with E-state index in [0.717, 1.165) is 18.5 Å². The molecule has 0 radical (unpaired) electrons. The van der Waals surface area contributed by atoms with Gasteiger partial charge in [0.05, 0.1) is 6.04 Å². The van der Waals surface area contributed by atoms with E-state index >= 15 is 0 Å². The van der Waals surface area contributed by atoms with Crippen LogP contribution in [0.25, 0.3) is 10.8 Å². The molecular formula is C20H21N3O2S. The van der Waals surface area contributed by atoms with Gasteiger partial charge in [0.2, 0.25) is 0 Å². The van der Waals surface area contributed by atoms with Gasteiger partial charge in [-0.25, -0.2) is 0 Å². The van der Waals surface area contributed by atoms with Crippen molar-refractivity contribution >= 4 is 28.0 Å². The molecule has 1 aliphatic heterocycles. The number of aromatic amines is 1. The van der Waals surface area contributed by atoms with Gasteiger partial charge in [0, 0.05) is 16.8 Å². The van der Waals surface area contributed by atoms with Gasteiger partial charge in [0.15, 0.2) is 0 Å². The molecule has 5 nitrogen and oxygen atoms in total. The molecule has 1 amide bonds. The lowest BCUT2D eigenvalue weighted by Gasteiger charge is -2.26. The Hall–Kier alpha value is -2.44. The first-order chi connectivity index (χ1) is 12.7. The first-order valence-electron chi connectivity index (χ1n) is 8.90. The summed E-state index contributed by atoms with van der Waals surface area (Å²) < 4.78 is 0. The smallest absolute Gasteiger partial charge is 0.267 e. The average molecular weight is 367 g/mol. The summed E-state index contributed by atoms with van der Waals surface area (Å²) in [5.74, 6) is -0.242. The first-order valence-corrected chi connectivity index (χ1v) is 9.78. The minimum absolute atomic E-state index is 0.189. The highest BCUT2D eigenvalue weighted by molar-refractivity contribution is 7.10. The van der Waals surface area contributed by atoms with E-state index in [2.05, 4.69) is 26.6 Å². The zero-order valence-corrected chi connectivity index (χ0v) is 15.2. The number of benzene rings is 1. The van der Waals surface area contributed by atoms with Crippen LogP contribution in [-0.4, -0.2) is 35.4 Å². The van der Waals surface area contributed by atoms with Crippen molar-refractivity contribution in [1.82, 2.24) is 15.2 Å². The predicted molar refractivity (Wildman–Crippen MR) is 105 cm³/mol. The number of fused-ring (bicyclic) bond motifs is 1. The van der Waals surface area contributed by atoms with Gasteiger partial charge in [-0.1, -0.05) is 24.3 Å². The number of carbonyl (C=O) groups is 1. The average Bonchev–Trinajstić information content (AvgIpc) is 3.36.